The molecule has 0 radical (unpaired) electrons. The highest BCUT2D eigenvalue weighted by atomic mass is 35.5. The maximum absolute atomic E-state index is 12.8. The number of aromatic nitrogens is 1. The summed E-state index contributed by atoms with van der Waals surface area (Å²) < 4.78 is 73.5. The number of alkyl halides is 5. The van der Waals surface area contributed by atoms with Gasteiger partial charge in [0.2, 0.25) is 0 Å². The lowest BCUT2D eigenvalue weighted by molar-refractivity contribution is -0.143. The smallest absolute Gasteiger partial charge is 0.231 e. The summed E-state index contributed by atoms with van der Waals surface area (Å²) in [5.41, 5.74) is -3.78. The highest BCUT2D eigenvalue weighted by Gasteiger charge is 2.39. The van der Waals surface area contributed by atoms with E-state index in [1.54, 1.807) is 0 Å². The molecule has 0 unspecified atom stereocenters. The zero-order chi connectivity index (χ0) is 11.8. The SMILES string of the molecule is Fc1cc(Cl)nc(C(F)(F)F)c1C(F)F. The Morgan fingerprint density at radius 2 is 1.80 bits per heavy atom. The van der Waals surface area contributed by atoms with Crippen molar-refractivity contribution in [1.29, 1.82) is 0 Å². The Bertz CT molecular complexity index is 374. The van der Waals surface area contributed by atoms with Gasteiger partial charge in [-0.25, -0.2) is 18.2 Å². The minimum absolute atomic E-state index is 0.304. The van der Waals surface area contributed by atoms with Gasteiger partial charge in [0.05, 0.1) is 5.56 Å². The Kier molecular flexibility index (Phi) is 3.13. The quantitative estimate of drug-likeness (QED) is 0.544. The maximum Gasteiger partial charge on any atom is 0.433 e. The summed E-state index contributed by atoms with van der Waals surface area (Å²) in [6.07, 6.45) is -8.77. The van der Waals surface area contributed by atoms with Crippen LogP contribution in [0.1, 0.15) is 17.7 Å². The fraction of sp³-hybridized carbons (Fsp3) is 0.286. The molecular weight excluding hydrogens is 248 g/mol. The van der Waals surface area contributed by atoms with Gasteiger partial charge in [0, 0.05) is 6.07 Å². The summed E-state index contributed by atoms with van der Waals surface area (Å²) >= 11 is 5.04. The average Bonchev–Trinajstić information content (AvgIpc) is 1.99. The van der Waals surface area contributed by atoms with Gasteiger partial charge in [0.25, 0.3) is 6.43 Å². The third kappa shape index (κ3) is 2.53. The molecule has 0 atom stereocenters. The van der Waals surface area contributed by atoms with Crippen LogP contribution in [-0.4, -0.2) is 4.98 Å². The summed E-state index contributed by atoms with van der Waals surface area (Å²) in [5, 5.41) is -0.829. The highest BCUT2D eigenvalue weighted by molar-refractivity contribution is 6.29. The van der Waals surface area contributed by atoms with Crippen molar-refractivity contribution >= 4 is 11.6 Å². The molecule has 0 aliphatic rings. The van der Waals surface area contributed by atoms with Gasteiger partial charge in [0.1, 0.15) is 11.0 Å². The molecule has 1 rings (SSSR count). The number of hydrogen-bond donors (Lipinski definition) is 0. The third-order valence-corrected chi connectivity index (χ3v) is 1.66. The van der Waals surface area contributed by atoms with Crippen molar-refractivity contribution in [3.05, 3.63) is 28.3 Å². The molecule has 0 spiro atoms. The van der Waals surface area contributed by atoms with E-state index in [-0.39, 0.29) is 0 Å². The van der Waals surface area contributed by atoms with Crippen LogP contribution in [0.2, 0.25) is 5.15 Å². The van der Waals surface area contributed by atoms with E-state index in [1.807, 2.05) is 0 Å². The van der Waals surface area contributed by atoms with E-state index in [0.29, 0.717) is 6.07 Å². The van der Waals surface area contributed by atoms with Gasteiger partial charge < -0.3 is 0 Å². The van der Waals surface area contributed by atoms with Crippen LogP contribution >= 0.6 is 11.6 Å². The van der Waals surface area contributed by atoms with Gasteiger partial charge in [-0.3, -0.25) is 0 Å². The maximum atomic E-state index is 12.8. The molecule has 8 heteroatoms. The number of nitrogens with zero attached hydrogens (tertiary/aromatic N) is 1. The van der Waals surface area contributed by atoms with Gasteiger partial charge >= 0.3 is 6.18 Å². The molecule has 0 aliphatic heterocycles. The predicted molar refractivity (Wildman–Crippen MR) is 39.2 cm³/mol. The molecule has 0 saturated heterocycles. The third-order valence-electron chi connectivity index (χ3n) is 1.46. The van der Waals surface area contributed by atoms with Crippen LogP contribution in [0.25, 0.3) is 0 Å². The van der Waals surface area contributed by atoms with Crippen LogP contribution in [-0.2, 0) is 6.18 Å². The van der Waals surface area contributed by atoms with E-state index in [0.717, 1.165) is 0 Å². The molecule has 0 aromatic carbocycles. The fourth-order valence-corrected chi connectivity index (χ4v) is 1.10. The minimum Gasteiger partial charge on any atom is -0.231 e. The first kappa shape index (κ1) is 12.1. The van der Waals surface area contributed by atoms with Gasteiger partial charge in [-0.05, 0) is 0 Å². The first-order valence-electron chi connectivity index (χ1n) is 3.44. The largest absolute Gasteiger partial charge is 0.433 e. The summed E-state index contributed by atoms with van der Waals surface area (Å²) in [7, 11) is 0. The summed E-state index contributed by atoms with van der Waals surface area (Å²) in [5.74, 6) is -1.72. The first-order chi connectivity index (χ1) is 6.73. The van der Waals surface area contributed by atoms with Crippen LogP contribution in [0, 0.1) is 5.82 Å². The molecule has 0 saturated carbocycles. The average molecular weight is 250 g/mol. The summed E-state index contributed by atoms with van der Waals surface area (Å²) in [6, 6.07) is 0.304. The highest BCUT2D eigenvalue weighted by Crippen LogP contribution is 2.37. The molecule has 0 fully saturated rings. The van der Waals surface area contributed by atoms with Crippen molar-refractivity contribution < 1.29 is 26.3 Å². The Hall–Kier alpha value is -0.980. The van der Waals surface area contributed by atoms with E-state index >= 15 is 0 Å². The van der Waals surface area contributed by atoms with E-state index in [9.17, 15) is 26.3 Å². The van der Waals surface area contributed by atoms with Crippen LogP contribution in [0.4, 0.5) is 26.3 Å². The molecular formula is C7H2ClF6N. The van der Waals surface area contributed by atoms with Crippen LogP contribution in [0.5, 0.6) is 0 Å². The number of pyridine rings is 1. The van der Waals surface area contributed by atoms with Gasteiger partial charge in [-0.2, -0.15) is 13.2 Å². The van der Waals surface area contributed by atoms with Gasteiger partial charge in [-0.15, -0.1) is 0 Å². The fourth-order valence-electron chi connectivity index (χ4n) is 0.918. The molecule has 15 heavy (non-hydrogen) atoms. The molecule has 1 heterocycles. The Balaban J connectivity index is 3.47. The number of hydrogen-bond acceptors (Lipinski definition) is 1. The Morgan fingerprint density at radius 1 is 1.27 bits per heavy atom. The second kappa shape index (κ2) is 3.88. The van der Waals surface area contributed by atoms with E-state index in [4.69, 9.17) is 11.6 Å². The van der Waals surface area contributed by atoms with Crippen LogP contribution in [0.3, 0.4) is 0 Å². The van der Waals surface area contributed by atoms with Gasteiger partial charge in [-0.1, -0.05) is 11.6 Å². The molecule has 1 aromatic heterocycles. The zero-order valence-electron chi connectivity index (χ0n) is 6.75. The minimum atomic E-state index is -5.17. The molecule has 1 nitrogen and oxygen atoms in total. The predicted octanol–water partition coefficient (Wildman–Crippen LogP) is 3.83. The monoisotopic (exact) mass is 249 g/mol. The Morgan fingerprint density at radius 3 is 2.20 bits per heavy atom. The standard InChI is InChI=1S/C7H2ClF6N/c8-3-1-2(9)4(6(10)11)5(15-3)7(12,13)14/h1,6H. The van der Waals surface area contributed by atoms with Crippen molar-refractivity contribution in [2.24, 2.45) is 0 Å². The van der Waals surface area contributed by atoms with Crippen molar-refractivity contribution in [3.63, 3.8) is 0 Å². The molecule has 0 N–H and O–H groups in total. The molecule has 0 bridgehead atoms. The number of rotatable bonds is 1. The lowest BCUT2D eigenvalue weighted by atomic mass is 10.2. The Labute approximate surface area is 84.7 Å². The summed E-state index contributed by atoms with van der Waals surface area (Å²) in [6.45, 7) is 0. The zero-order valence-corrected chi connectivity index (χ0v) is 7.50. The van der Waals surface area contributed by atoms with Crippen LogP contribution < -0.4 is 0 Å². The lowest BCUT2D eigenvalue weighted by Gasteiger charge is -2.12. The molecule has 1 aromatic rings. The second-order valence-electron chi connectivity index (χ2n) is 2.49. The molecule has 0 aliphatic carbocycles. The van der Waals surface area contributed by atoms with Crippen molar-refractivity contribution in [2.45, 2.75) is 12.6 Å². The van der Waals surface area contributed by atoms with Crippen molar-refractivity contribution in [3.8, 4) is 0 Å². The topological polar surface area (TPSA) is 12.9 Å². The van der Waals surface area contributed by atoms with Gasteiger partial charge in [0.15, 0.2) is 5.69 Å². The first-order valence-corrected chi connectivity index (χ1v) is 3.82. The van der Waals surface area contributed by atoms with E-state index in [2.05, 4.69) is 4.98 Å². The van der Waals surface area contributed by atoms with Crippen molar-refractivity contribution in [1.82, 2.24) is 4.98 Å². The van der Waals surface area contributed by atoms with Crippen LogP contribution in [0.15, 0.2) is 6.07 Å². The lowest BCUT2D eigenvalue weighted by Crippen LogP contribution is -2.14. The van der Waals surface area contributed by atoms with Crippen molar-refractivity contribution in [2.75, 3.05) is 0 Å². The molecule has 0 amide bonds. The van der Waals surface area contributed by atoms with E-state index < -0.39 is 34.8 Å². The summed E-state index contributed by atoms with van der Waals surface area (Å²) in [4.78, 5) is 2.65. The number of halogens is 7. The normalized spacial score (nSPS) is 12.3. The molecule has 84 valence electrons. The van der Waals surface area contributed by atoms with E-state index in [1.165, 1.54) is 0 Å². The second-order valence-corrected chi connectivity index (χ2v) is 2.87.